The van der Waals surface area contributed by atoms with Crippen LogP contribution in [-0.4, -0.2) is 40.8 Å². The predicted molar refractivity (Wildman–Crippen MR) is 107 cm³/mol. The summed E-state index contributed by atoms with van der Waals surface area (Å²) in [4.78, 5) is 17.6. The van der Waals surface area contributed by atoms with Crippen LogP contribution in [0.15, 0.2) is 53.1 Å². The van der Waals surface area contributed by atoms with Crippen molar-refractivity contribution in [3.05, 3.63) is 65.5 Å². The first kappa shape index (κ1) is 22.3. The van der Waals surface area contributed by atoms with Crippen LogP contribution in [-0.2, 0) is 17.8 Å². The first-order valence-electron chi connectivity index (χ1n) is 9.60. The van der Waals surface area contributed by atoms with Crippen molar-refractivity contribution in [1.29, 1.82) is 0 Å². The first-order valence-corrected chi connectivity index (χ1v) is 9.60. The molecule has 0 unspecified atom stereocenters. The Labute approximate surface area is 177 Å². The second-order valence-electron chi connectivity index (χ2n) is 7.09. The molecule has 0 atom stereocenters. The number of rotatable bonds is 8. The smallest absolute Gasteiger partial charge is 0.406 e. The van der Waals surface area contributed by atoms with E-state index in [9.17, 15) is 18.0 Å². The lowest BCUT2D eigenvalue weighted by Gasteiger charge is -2.24. The third kappa shape index (κ3) is 6.56. The van der Waals surface area contributed by atoms with Gasteiger partial charge in [0.1, 0.15) is 12.3 Å². The van der Waals surface area contributed by atoms with E-state index in [0.29, 0.717) is 17.1 Å². The second-order valence-corrected chi connectivity index (χ2v) is 7.09. The molecule has 3 rings (SSSR count). The maximum absolute atomic E-state index is 13.0. The molecule has 3 aromatic rings. The fraction of sp³-hybridized carbons (Fsp3) is 0.318. The molecule has 6 nitrogen and oxygen atoms in total. The summed E-state index contributed by atoms with van der Waals surface area (Å²) in [6.45, 7) is 0.451. The molecule has 2 aromatic carbocycles. The highest BCUT2D eigenvalue weighted by Gasteiger charge is 2.33. The van der Waals surface area contributed by atoms with Gasteiger partial charge in [0.2, 0.25) is 17.6 Å². The number of amides is 1. The van der Waals surface area contributed by atoms with Crippen LogP contribution in [0.3, 0.4) is 0 Å². The van der Waals surface area contributed by atoms with E-state index in [-0.39, 0.29) is 25.3 Å². The SMILES string of the molecule is COc1ccc(CN(CC(F)(F)F)C(=O)CCc2nc(-c3ccc(C)cc3)no2)cc1. The van der Waals surface area contributed by atoms with E-state index in [0.717, 1.165) is 16.0 Å². The number of aryl methyl sites for hydroxylation is 2. The van der Waals surface area contributed by atoms with Crippen LogP contribution in [0.25, 0.3) is 11.4 Å². The molecule has 0 fully saturated rings. The maximum Gasteiger partial charge on any atom is 0.406 e. The quantitative estimate of drug-likeness (QED) is 0.520. The summed E-state index contributed by atoms with van der Waals surface area (Å²) in [5.74, 6) is 0.495. The molecule has 164 valence electrons. The number of halogens is 3. The van der Waals surface area contributed by atoms with Crippen LogP contribution in [0.1, 0.15) is 23.4 Å². The summed E-state index contributed by atoms with van der Waals surface area (Å²) >= 11 is 0. The van der Waals surface area contributed by atoms with Gasteiger partial charge in [-0.2, -0.15) is 18.2 Å². The molecule has 0 N–H and O–H groups in total. The lowest BCUT2D eigenvalue weighted by molar-refractivity contribution is -0.162. The van der Waals surface area contributed by atoms with Gasteiger partial charge in [0.25, 0.3) is 0 Å². The fourth-order valence-electron chi connectivity index (χ4n) is 2.95. The molecule has 1 aromatic heterocycles. The van der Waals surface area contributed by atoms with Gasteiger partial charge in [-0.3, -0.25) is 4.79 Å². The molecule has 1 amide bonds. The standard InChI is InChI=1S/C22H22F3N3O3/c1-15-3-7-17(8-4-15)21-26-19(31-27-21)11-12-20(29)28(14-22(23,24)25)13-16-5-9-18(30-2)10-6-16/h3-10H,11-14H2,1-2H3. The fourth-order valence-corrected chi connectivity index (χ4v) is 2.95. The average molecular weight is 433 g/mol. The maximum atomic E-state index is 13.0. The van der Waals surface area contributed by atoms with Crippen LogP contribution in [0.4, 0.5) is 13.2 Å². The average Bonchev–Trinajstić information content (AvgIpc) is 3.20. The van der Waals surface area contributed by atoms with Crippen molar-refractivity contribution in [1.82, 2.24) is 15.0 Å². The van der Waals surface area contributed by atoms with Gasteiger partial charge in [0.15, 0.2) is 0 Å². The normalized spacial score (nSPS) is 11.4. The Kier molecular flexibility index (Phi) is 6.94. The number of hydrogen-bond acceptors (Lipinski definition) is 5. The molecular formula is C22H22F3N3O3. The Balaban J connectivity index is 1.65. The van der Waals surface area contributed by atoms with Crippen LogP contribution >= 0.6 is 0 Å². The Bertz CT molecular complexity index is 999. The number of alkyl halides is 3. The molecule has 0 spiro atoms. The van der Waals surface area contributed by atoms with Crippen molar-refractivity contribution in [2.24, 2.45) is 0 Å². The van der Waals surface area contributed by atoms with E-state index in [1.807, 2.05) is 31.2 Å². The van der Waals surface area contributed by atoms with Gasteiger partial charge in [0, 0.05) is 24.9 Å². The van der Waals surface area contributed by atoms with E-state index in [2.05, 4.69) is 10.1 Å². The summed E-state index contributed by atoms with van der Waals surface area (Å²) in [5.41, 5.74) is 2.41. The Hall–Kier alpha value is -3.36. The van der Waals surface area contributed by atoms with E-state index in [1.165, 1.54) is 7.11 Å². The van der Waals surface area contributed by atoms with Crippen LogP contribution in [0, 0.1) is 6.92 Å². The van der Waals surface area contributed by atoms with E-state index in [4.69, 9.17) is 9.26 Å². The predicted octanol–water partition coefficient (Wildman–Crippen LogP) is 4.58. The van der Waals surface area contributed by atoms with Gasteiger partial charge in [-0.05, 0) is 24.6 Å². The Morgan fingerprint density at radius 3 is 2.39 bits per heavy atom. The summed E-state index contributed by atoms with van der Waals surface area (Å²) in [6, 6.07) is 14.0. The van der Waals surface area contributed by atoms with Crippen LogP contribution < -0.4 is 4.74 Å². The van der Waals surface area contributed by atoms with E-state index >= 15 is 0 Å². The van der Waals surface area contributed by atoms with Crippen molar-refractivity contribution >= 4 is 5.91 Å². The molecule has 1 heterocycles. The van der Waals surface area contributed by atoms with Crippen LogP contribution in [0.2, 0.25) is 0 Å². The van der Waals surface area contributed by atoms with Crippen molar-refractivity contribution < 1.29 is 27.2 Å². The number of methoxy groups -OCH3 is 1. The minimum atomic E-state index is -4.51. The zero-order valence-corrected chi connectivity index (χ0v) is 17.1. The van der Waals surface area contributed by atoms with Gasteiger partial charge in [-0.15, -0.1) is 0 Å². The van der Waals surface area contributed by atoms with Gasteiger partial charge in [-0.25, -0.2) is 0 Å². The molecule has 0 saturated heterocycles. The third-order valence-electron chi connectivity index (χ3n) is 4.59. The molecule has 0 aliphatic rings. The highest BCUT2D eigenvalue weighted by atomic mass is 19.4. The van der Waals surface area contributed by atoms with Crippen molar-refractivity contribution in [2.45, 2.75) is 32.5 Å². The molecule has 0 saturated carbocycles. The zero-order valence-electron chi connectivity index (χ0n) is 17.1. The number of aromatic nitrogens is 2. The Morgan fingerprint density at radius 2 is 1.77 bits per heavy atom. The third-order valence-corrected chi connectivity index (χ3v) is 4.59. The number of ether oxygens (including phenoxy) is 1. The van der Waals surface area contributed by atoms with Gasteiger partial charge >= 0.3 is 6.18 Å². The summed E-state index contributed by atoms with van der Waals surface area (Å²) in [5, 5.41) is 3.88. The highest BCUT2D eigenvalue weighted by Crippen LogP contribution is 2.21. The lowest BCUT2D eigenvalue weighted by Crippen LogP contribution is -2.38. The van der Waals surface area contributed by atoms with Crippen molar-refractivity contribution in [3.63, 3.8) is 0 Å². The molecule has 0 aliphatic heterocycles. The van der Waals surface area contributed by atoms with E-state index in [1.54, 1.807) is 24.3 Å². The molecule has 0 radical (unpaired) electrons. The summed E-state index contributed by atoms with van der Waals surface area (Å²) < 4.78 is 49.2. The zero-order chi connectivity index (χ0) is 22.4. The van der Waals surface area contributed by atoms with Crippen molar-refractivity contribution in [2.75, 3.05) is 13.7 Å². The summed E-state index contributed by atoms with van der Waals surface area (Å²) in [7, 11) is 1.50. The van der Waals surface area contributed by atoms with Gasteiger partial charge in [-0.1, -0.05) is 47.1 Å². The second kappa shape index (κ2) is 9.63. The molecule has 31 heavy (non-hydrogen) atoms. The Morgan fingerprint density at radius 1 is 1.10 bits per heavy atom. The number of hydrogen-bond donors (Lipinski definition) is 0. The minimum Gasteiger partial charge on any atom is -0.497 e. The molecule has 0 aliphatic carbocycles. The monoisotopic (exact) mass is 433 g/mol. The molecular weight excluding hydrogens is 411 g/mol. The molecule has 9 heteroatoms. The largest absolute Gasteiger partial charge is 0.497 e. The number of nitrogens with zero attached hydrogens (tertiary/aromatic N) is 3. The number of carbonyl (C=O) groups excluding carboxylic acids is 1. The highest BCUT2D eigenvalue weighted by molar-refractivity contribution is 5.76. The van der Waals surface area contributed by atoms with Gasteiger partial charge in [0.05, 0.1) is 7.11 Å². The van der Waals surface area contributed by atoms with Crippen LogP contribution in [0.5, 0.6) is 5.75 Å². The topological polar surface area (TPSA) is 68.5 Å². The lowest BCUT2D eigenvalue weighted by atomic mass is 10.1. The number of benzene rings is 2. The molecule has 0 bridgehead atoms. The van der Waals surface area contributed by atoms with E-state index < -0.39 is 18.6 Å². The summed E-state index contributed by atoms with van der Waals surface area (Å²) in [6.07, 6.45) is -4.64. The minimum absolute atomic E-state index is 0.0503. The first-order chi connectivity index (χ1) is 14.7. The van der Waals surface area contributed by atoms with Crippen molar-refractivity contribution in [3.8, 4) is 17.1 Å². The van der Waals surface area contributed by atoms with Gasteiger partial charge < -0.3 is 14.2 Å². The number of carbonyl (C=O) groups is 1.